The normalized spacial score (nSPS) is 14.2. The molecule has 0 atom stereocenters. The van der Waals surface area contributed by atoms with Crippen LogP contribution in [0.5, 0.6) is 5.88 Å². The second kappa shape index (κ2) is 11.2. The first-order valence-corrected chi connectivity index (χ1v) is 12.9. The lowest BCUT2D eigenvalue weighted by atomic mass is 10.0. The van der Waals surface area contributed by atoms with Crippen molar-refractivity contribution in [2.75, 3.05) is 13.1 Å². The van der Waals surface area contributed by atoms with Gasteiger partial charge in [-0.3, -0.25) is 0 Å². The summed E-state index contributed by atoms with van der Waals surface area (Å²) in [6.07, 6.45) is 0.193. The summed E-state index contributed by atoms with van der Waals surface area (Å²) in [7, 11) is -3.42. The molecule has 4 heterocycles. The SMILES string of the molecule is O=C(O)C(F)(F)F.O=S(=O)(c1ccc(-c2ccnc3[nH]c(COc4ccccn4)cc23)cc1)N1CCCC1. The molecule has 3 aromatic heterocycles. The van der Waals surface area contributed by atoms with Gasteiger partial charge in [0.15, 0.2) is 0 Å². The topological polar surface area (TPSA) is 125 Å². The summed E-state index contributed by atoms with van der Waals surface area (Å²) in [5, 5.41) is 8.08. The maximum atomic E-state index is 12.8. The molecular weight excluding hydrogens is 525 g/mol. The molecule has 1 aliphatic heterocycles. The zero-order valence-corrected chi connectivity index (χ0v) is 20.7. The van der Waals surface area contributed by atoms with Crippen molar-refractivity contribution in [3.63, 3.8) is 0 Å². The van der Waals surface area contributed by atoms with Crippen LogP contribution in [0.3, 0.4) is 0 Å². The molecule has 38 heavy (non-hydrogen) atoms. The summed E-state index contributed by atoms with van der Waals surface area (Å²) in [4.78, 5) is 21.1. The van der Waals surface area contributed by atoms with Crippen LogP contribution in [0.1, 0.15) is 18.5 Å². The number of halogens is 3. The Hall–Kier alpha value is -3.97. The number of hydrogen-bond donors (Lipinski definition) is 2. The van der Waals surface area contributed by atoms with Crippen LogP contribution in [0, 0.1) is 0 Å². The first-order chi connectivity index (χ1) is 18.1. The highest BCUT2D eigenvalue weighted by atomic mass is 32.2. The molecule has 4 aromatic rings. The lowest BCUT2D eigenvalue weighted by Gasteiger charge is -2.15. The minimum Gasteiger partial charge on any atom is -0.475 e. The number of carbonyl (C=O) groups is 1. The molecule has 0 spiro atoms. The van der Waals surface area contributed by atoms with E-state index in [4.69, 9.17) is 14.6 Å². The number of nitrogens with zero attached hydrogens (tertiary/aromatic N) is 3. The maximum Gasteiger partial charge on any atom is 0.490 e. The number of alkyl halides is 3. The smallest absolute Gasteiger partial charge is 0.475 e. The van der Waals surface area contributed by atoms with E-state index in [9.17, 15) is 21.6 Å². The molecule has 200 valence electrons. The molecule has 0 bridgehead atoms. The molecule has 0 radical (unpaired) electrons. The zero-order chi connectivity index (χ0) is 27.3. The van der Waals surface area contributed by atoms with Gasteiger partial charge >= 0.3 is 12.1 Å². The number of rotatable bonds is 6. The number of benzene rings is 1. The Balaban J connectivity index is 0.000000426. The summed E-state index contributed by atoms with van der Waals surface area (Å²) in [5.74, 6) is -2.20. The quantitative estimate of drug-likeness (QED) is 0.360. The molecule has 5 rings (SSSR count). The van der Waals surface area contributed by atoms with Gasteiger partial charge in [-0.1, -0.05) is 18.2 Å². The highest BCUT2D eigenvalue weighted by Crippen LogP contribution is 2.30. The number of aromatic nitrogens is 3. The molecule has 1 saturated heterocycles. The summed E-state index contributed by atoms with van der Waals surface area (Å²) < 4.78 is 64.6. The summed E-state index contributed by atoms with van der Waals surface area (Å²) in [5.41, 5.74) is 3.55. The van der Waals surface area contributed by atoms with Crippen LogP contribution < -0.4 is 4.74 Å². The van der Waals surface area contributed by atoms with E-state index in [2.05, 4.69) is 15.0 Å². The van der Waals surface area contributed by atoms with Crippen LogP contribution in [0.15, 0.2) is 71.9 Å². The number of nitrogens with one attached hydrogen (secondary N) is 1. The number of carboxylic acids is 1. The van der Waals surface area contributed by atoms with E-state index >= 15 is 0 Å². The number of aliphatic carboxylic acids is 1. The molecule has 1 fully saturated rings. The lowest BCUT2D eigenvalue weighted by Crippen LogP contribution is -2.27. The monoisotopic (exact) mass is 548 g/mol. The molecule has 13 heteroatoms. The zero-order valence-electron chi connectivity index (χ0n) is 19.9. The fourth-order valence-electron chi connectivity index (χ4n) is 3.88. The Morgan fingerprint density at radius 3 is 2.32 bits per heavy atom. The van der Waals surface area contributed by atoms with Gasteiger partial charge in [-0.25, -0.2) is 23.2 Å². The number of fused-ring (bicyclic) bond motifs is 1. The van der Waals surface area contributed by atoms with Gasteiger partial charge < -0.3 is 14.8 Å². The third-order valence-electron chi connectivity index (χ3n) is 5.71. The van der Waals surface area contributed by atoms with Crippen molar-refractivity contribution in [2.45, 2.75) is 30.5 Å². The molecule has 9 nitrogen and oxygen atoms in total. The van der Waals surface area contributed by atoms with E-state index in [0.717, 1.165) is 40.7 Å². The molecule has 0 unspecified atom stereocenters. The van der Waals surface area contributed by atoms with Crippen LogP contribution >= 0.6 is 0 Å². The number of carboxylic acid groups (broad SMARTS) is 1. The van der Waals surface area contributed by atoms with Gasteiger partial charge in [-0.05, 0) is 54.3 Å². The molecular formula is C25H23F3N4O5S. The number of ether oxygens (including phenoxy) is 1. The Morgan fingerprint density at radius 1 is 1.03 bits per heavy atom. The molecule has 0 saturated carbocycles. The van der Waals surface area contributed by atoms with Crippen LogP contribution in [0.4, 0.5) is 13.2 Å². The van der Waals surface area contributed by atoms with E-state index < -0.39 is 22.2 Å². The predicted molar refractivity (Wildman–Crippen MR) is 132 cm³/mol. The molecule has 0 aliphatic carbocycles. The van der Waals surface area contributed by atoms with Crippen molar-refractivity contribution in [3.05, 3.63) is 72.7 Å². The second-order valence-electron chi connectivity index (χ2n) is 8.31. The lowest BCUT2D eigenvalue weighted by molar-refractivity contribution is -0.192. The maximum absolute atomic E-state index is 12.8. The Morgan fingerprint density at radius 2 is 1.71 bits per heavy atom. The van der Waals surface area contributed by atoms with Crippen molar-refractivity contribution in [1.82, 2.24) is 19.3 Å². The Bertz CT molecular complexity index is 1500. The van der Waals surface area contributed by atoms with Gasteiger partial charge in [0.25, 0.3) is 0 Å². The summed E-state index contributed by atoms with van der Waals surface area (Å²) >= 11 is 0. The first-order valence-electron chi connectivity index (χ1n) is 11.5. The second-order valence-corrected chi connectivity index (χ2v) is 10.2. The Labute approximate surface area is 216 Å². The standard InChI is InChI=1S/C23H22N4O3S.C2HF3O2/c28-31(29,27-13-3-4-14-27)19-8-6-17(7-9-19)20-10-12-25-23-21(20)15-18(26-23)16-30-22-5-1-2-11-24-22;3-2(4,5)1(6)7/h1-2,5-12,15H,3-4,13-14,16H2,(H,25,26);(H,6,7). The number of hydrogen-bond acceptors (Lipinski definition) is 6. The summed E-state index contributed by atoms with van der Waals surface area (Å²) in [6, 6.07) is 16.6. The summed E-state index contributed by atoms with van der Waals surface area (Å²) in [6.45, 7) is 1.54. The third-order valence-corrected chi connectivity index (χ3v) is 7.62. The number of aromatic amines is 1. The van der Waals surface area contributed by atoms with Gasteiger partial charge in [0.1, 0.15) is 12.3 Å². The predicted octanol–water partition coefficient (Wildman–Crippen LogP) is 4.62. The third kappa shape index (κ3) is 6.29. The number of pyridine rings is 2. The fourth-order valence-corrected chi connectivity index (χ4v) is 5.40. The van der Waals surface area contributed by atoms with E-state index in [-0.39, 0.29) is 0 Å². The minimum absolute atomic E-state index is 0.335. The van der Waals surface area contributed by atoms with Crippen LogP contribution in [0.25, 0.3) is 22.2 Å². The van der Waals surface area contributed by atoms with Crippen molar-refractivity contribution < 1.29 is 36.2 Å². The van der Waals surface area contributed by atoms with Crippen LogP contribution in [-0.2, 0) is 21.4 Å². The average Bonchev–Trinajstić information content (AvgIpc) is 3.58. The van der Waals surface area contributed by atoms with Crippen LogP contribution in [-0.4, -0.2) is 58.0 Å². The van der Waals surface area contributed by atoms with Gasteiger partial charge in [-0.2, -0.15) is 17.5 Å². The number of sulfonamides is 1. The van der Waals surface area contributed by atoms with E-state index in [1.54, 1.807) is 28.8 Å². The Kier molecular flexibility index (Phi) is 7.97. The van der Waals surface area contributed by atoms with Crippen molar-refractivity contribution in [1.29, 1.82) is 0 Å². The minimum atomic E-state index is -5.08. The van der Waals surface area contributed by atoms with Gasteiger partial charge in [0.2, 0.25) is 15.9 Å². The van der Waals surface area contributed by atoms with Crippen molar-refractivity contribution >= 4 is 27.0 Å². The van der Waals surface area contributed by atoms with Gasteiger partial charge in [0.05, 0.1) is 10.6 Å². The molecule has 0 amide bonds. The molecule has 1 aromatic carbocycles. The van der Waals surface area contributed by atoms with Crippen molar-refractivity contribution in [2.24, 2.45) is 0 Å². The molecule has 2 N–H and O–H groups in total. The first kappa shape index (κ1) is 27.1. The number of H-pyrrole nitrogens is 1. The highest BCUT2D eigenvalue weighted by molar-refractivity contribution is 7.89. The van der Waals surface area contributed by atoms with Crippen LogP contribution in [0.2, 0.25) is 0 Å². The largest absolute Gasteiger partial charge is 0.490 e. The van der Waals surface area contributed by atoms with Gasteiger partial charge in [-0.15, -0.1) is 0 Å². The highest BCUT2D eigenvalue weighted by Gasteiger charge is 2.38. The van der Waals surface area contributed by atoms with E-state index in [1.165, 1.54) is 0 Å². The average molecular weight is 549 g/mol. The van der Waals surface area contributed by atoms with Gasteiger partial charge in [0, 0.05) is 36.9 Å². The fraction of sp³-hybridized carbons (Fsp3) is 0.240. The van der Waals surface area contributed by atoms with Crippen molar-refractivity contribution in [3.8, 4) is 17.0 Å². The molecule has 1 aliphatic rings. The van der Waals surface area contributed by atoms with E-state index in [1.807, 2.05) is 42.5 Å². The van der Waals surface area contributed by atoms with E-state index in [0.29, 0.717) is 30.5 Å².